The summed E-state index contributed by atoms with van der Waals surface area (Å²) in [6, 6.07) is 14.7. The Hall–Kier alpha value is -2.94. The summed E-state index contributed by atoms with van der Waals surface area (Å²) in [7, 11) is 0. The van der Waals surface area contributed by atoms with Gasteiger partial charge in [-0.2, -0.15) is 0 Å². The SMILES string of the molecule is C=CC(=O)Oc1ccc(C(=O)C=Cc2ccc(CCCC)cc2)cc1. The lowest BCUT2D eigenvalue weighted by Gasteiger charge is -2.02. The molecule has 0 bridgehead atoms. The molecule has 3 nitrogen and oxygen atoms in total. The van der Waals surface area contributed by atoms with Gasteiger partial charge in [0.15, 0.2) is 5.78 Å². The maximum atomic E-state index is 12.2. The molecule has 0 aromatic heterocycles. The molecule has 128 valence electrons. The van der Waals surface area contributed by atoms with Crippen molar-refractivity contribution in [1.29, 1.82) is 0 Å². The third kappa shape index (κ3) is 5.88. The summed E-state index contributed by atoms with van der Waals surface area (Å²) in [4.78, 5) is 23.3. The van der Waals surface area contributed by atoms with Crippen molar-refractivity contribution in [3.63, 3.8) is 0 Å². The van der Waals surface area contributed by atoms with Crippen LogP contribution in [-0.4, -0.2) is 11.8 Å². The Morgan fingerprint density at radius 2 is 1.72 bits per heavy atom. The Morgan fingerprint density at radius 1 is 1.04 bits per heavy atom. The number of carbonyl (C=O) groups excluding carboxylic acids is 2. The van der Waals surface area contributed by atoms with Crippen molar-refractivity contribution in [1.82, 2.24) is 0 Å². The highest BCUT2D eigenvalue weighted by Gasteiger charge is 2.04. The summed E-state index contributed by atoms with van der Waals surface area (Å²) in [6.45, 7) is 5.52. The summed E-state index contributed by atoms with van der Waals surface area (Å²) < 4.78 is 4.98. The Labute approximate surface area is 148 Å². The van der Waals surface area contributed by atoms with Crippen LogP contribution in [0.2, 0.25) is 0 Å². The minimum Gasteiger partial charge on any atom is -0.423 e. The first-order valence-corrected chi connectivity index (χ1v) is 8.38. The molecule has 0 atom stereocenters. The van der Waals surface area contributed by atoms with Gasteiger partial charge in [0.05, 0.1) is 0 Å². The number of hydrogen-bond acceptors (Lipinski definition) is 3. The van der Waals surface area contributed by atoms with Gasteiger partial charge < -0.3 is 4.74 Å². The lowest BCUT2D eigenvalue weighted by molar-refractivity contribution is -0.128. The van der Waals surface area contributed by atoms with Crippen molar-refractivity contribution in [3.8, 4) is 5.75 Å². The van der Waals surface area contributed by atoms with E-state index in [0.29, 0.717) is 11.3 Å². The van der Waals surface area contributed by atoms with Crippen molar-refractivity contribution in [3.05, 3.63) is 84.0 Å². The van der Waals surface area contributed by atoms with Crippen LogP contribution in [0, 0.1) is 0 Å². The molecule has 0 N–H and O–H groups in total. The molecule has 0 spiro atoms. The van der Waals surface area contributed by atoms with Crippen LogP contribution in [0.25, 0.3) is 6.08 Å². The zero-order valence-corrected chi connectivity index (χ0v) is 14.4. The summed E-state index contributed by atoms with van der Waals surface area (Å²) in [6.07, 6.45) is 7.90. The van der Waals surface area contributed by atoms with Gasteiger partial charge in [0, 0.05) is 11.6 Å². The molecule has 3 heteroatoms. The van der Waals surface area contributed by atoms with Crippen molar-refractivity contribution in [2.24, 2.45) is 0 Å². The molecule has 0 saturated carbocycles. The zero-order chi connectivity index (χ0) is 18.1. The van der Waals surface area contributed by atoms with Crippen molar-refractivity contribution in [2.75, 3.05) is 0 Å². The monoisotopic (exact) mass is 334 g/mol. The van der Waals surface area contributed by atoms with E-state index >= 15 is 0 Å². The summed E-state index contributed by atoms with van der Waals surface area (Å²) >= 11 is 0. The van der Waals surface area contributed by atoms with Gasteiger partial charge >= 0.3 is 5.97 Å². The minimum atomic E-state index is -0.527. The number of benzene rings is 2. The second-order valence-electron chi connectivity index (χ2n) is 5.69. The predicted molar refractivity (Wildman–Crippen MR) is 101 cm³/mol. The van der Waals surface area contributed by atoms with E-state index in [1.807, 2.05) is 12.1 Å². The van der Waals surface area contributed by atoms with Crippen molar-refractivity contribution in [2.45, 2.75) is 26.2 Å². The summed E-state index contributed by atoms with van der Waals surface area (Å²) in [5.74, 6) is -0.244. The zero-order valence-electron chi connectivity index (χ0n) is 14.4. The molecule has 0 heterocycles. The van der Waals surface area contributed by atoms with Gasteiger partial charge in [0.25, 0.3) is 0 Å². The van der Waals surface area contributed by atoms with Crippen LogP contribution in [0.4, 0.5) is 0 Å². The first-order valence-electron chi connectivity index (χ1n) is 8.38. The lowest BCUT2D eigenvalue weighted by Crippen LogP contribution is -2.03. The molecule has 0 radical (unpaired) electrons. The topological polar surface area (TPSA) is 43.4 Å². The number of hydrogen-bond donors (Lipinski definition) is 0. The Kier molecular flexibility index (Phi) is 6.90. The fourth-order valence-electron chi connectivity index (χ4n) is 2.29. The maximum absolute atomic E-state index is 12.2. The number of ether oxygens (including phenoxy) is 1. The molecule has 0 amide bonds. The van der Waals surface area contributed by atoms with Crippen molar-refractivity contribution >= 4 is 17.8 Å². The first kappa shape index (κ1) is 18.4. The number of unbranched alkanes of at least 4 members (excludes halogenated alkanes) is 1. The Balaban J connectivity index is 1.97. The normalized spacial score (nSPS) is 10.6. The summed E-state index contributed by atoms with van der Waals surface area (Å²) in [5, 5.41) is 0. The molecule has 0 aliphatic heterocycles. The molecule has 2 aromatic carbocycles. The molecular weight excluding hydrogens is 312 g/mol. The minimum absolute atomic E-state index is 0.100. The van der Waals surface area contributed by atoms with Crippen molar-refractivity contribution < 1.29 is 14.3 Å². The maximum Gasteiger partial charge on any atom is 0.335 e. The largest absolute Gasteiger partial charge is 0.423 e. The smallest absolute Gasteiger partial charge is 0.335 e. The number of aryl methyl sites for hydroxylation is 1. The predicted octanol–water partition coefficient (Wildman–Crippen LogP) is 5.02. The van der Waals surface area contributed by atoms with E-state index in [1.165, 1.54) is 18.4 Å². The second-order valence-corrected chi connectivity index (χ2v) is 5.69. The van der Waals surface area contributed by atoms with Crippen LogP contribution in [0.3, 0.4) is 0 Å². The molecule has 25 heavy (non-hydrogen) atoms. The number of esters is 1. The highest BCUT2D eigenvalue weighted by Crippen LogP contribution is 2.14. The van der Waals surface area contributed by atoms with Crippen LogP contribution < -0.4 is 4.74 Å². The van der Waals surface area contributed by atoms with Gasteiger partial charge in [-0.1, -0.05) is 50.3 Å². The van der Waals surface area contributed by atoms with E-state index < -0.39 is 5.97 Å². The molecular formula is C22H22O3. The van der Waals surface area contributed by atoms with Crippen LogP contribution in [0.1, 0.15) is 41.3 Å². The van der Waals surface area contributed by atoms with Gasteiger partial charge in [-0.15, -0.1) is 0 Å². The van der Waals surface area contributed by atoms with E-state index in [0.717, 1.165) is 18.1 Å². The molecule has 0 saturated heterocycles. The quantitative estimate of drug-likeness (QED) is 0.295. The lowest BCUT2D eigenvalue weighted by atomic mass is 10.1. The van der Waals surface area contributed by atoms with E-state index in [4.69, 9.17) is 4.74 Å². The summed E-state index contributed by atoms with van der Waals surface area (Å²) in [5.41, 5.74) is 2.84. The van der Waals surface area contributed by atoms with Gasteiger partial charge in [0.1, 0.15) is 5.75 Å². The molecule has 0 fully saturated rings. The van der Waals surface area contributed by atoms with Gasteiger partial charge in [0.2, 0.25) is 0 Å². The number of carbonyl (C=O) groups is 2. The van der Waals surface area contributed by atoms with E-state index in [9.17, 15) is 9.59 Å². The van der Waals surface area contributed by atoms with Crippen LogP contribution in [0.15, 0.2) is 67.3 Å². The standard InChI is InChI=1S/C22H22O3/c1-3-5-6-17-7-9-18(10-8-17)11-16-21(23)19-12-14-20(15-13-19)25-22(24)4-2/h4,7-16H,2-3,5-6H2,1H3. The number of allylic oxidation sites excluding steroid dienone is 1. The fraction of sp³-hybridized carbons (Fsp3) is 0.182. The molecule has 2 aromatic rings. The highest BCUT2D eigenvalue weighted by atomic mass is 16.5. The van der Waals surface area contributed by atoms with Gasteiger partial charge in [-0.25, -0.2) is 4.79 Å². The first-order chi connectivity index (χ1) is 12.1. The third-order valence-electron chi connectivity index (χ3n) is 3.75. The van der Waals surface area contributed by atoms with E-state index in [2.05, 4.69) is 25.6 Å². The highest BCUT2D eigenvalue weighted by molar-refractivity contribution is 6.06. The second kappa shape index (κ2) is 9.38. The van der Waals surface area contributed by atoms with Gasteiger partial charge in [-0.3, -0.25) is 4.79 Å². The molecule has 0 aliphatic carbocycles. The molecule has 0 aliphatic rings. The van der Waals surface area contributed by atoms with Crippen LogP contribution in [-0.2, 0) is 11.2 Å². The van der Waals surface area contributed by atoms with Crippen LogP contribution >= 0.6 is 0 Å². The average molecular weight is 334 g/mol. The molecule has 2 rings (SSSR count). The number of rotatable bonds is 8. The number of ketones is 1. The van der Waals surface area contributed by atoms with E-state index in [1.54, 1.807) is 36.4 Å². The molecule has 0 unspecified atom stereocenters. The van der Waals surface area contributed by atoms with E-state index in [-0.39, 0.29) is 5.78 Å². The third-order valence-corrected chi connectivity index (χ3v) is 3.75. The van der Waals surface area contributed by atoms with Gasteiger partial charge in [-0.05, 0) is 54.3 Å². The Morgan fingerprint density at radius 3 is 2.32 bits per heavy atom. The Bertz CT molecular complexity index is 753. The average Bonchev–Trinajstić information content (AvgIpc) is 2.65. The fourth-order valence-corrected chi connectivity index (χ4v) is 2.29. The van der Waals surface area contributed by atoms with Crippen LogP contribution in [0.5, 0.6) is 5.75 Å².